The average Bonchev–Trinajstić information content (AvgIpc) is 2.58. The topological polar surface area (TPSA) is 98.5 Å². The number of nitro groups is 1. The van der Waals surface area contributed by atoms with Gasteiger partial charge in [-0.15, -0.1) is 0 Å². The molecule has 8 heteroatoms. The molecule has 0 radical (unpaired) electrons. The van der Waals surface area contributed by atoms with Crippen LogP contribution in [0.5, 0.6) is 0 Å². The van der Waals surface area contributed by atoms with Crippen LogP contribution in [-0.4, -0.2) is 23.3 Å². The van der Waals surface area contributed by atoms with Crippen molar-refractivity contribution < 1.29 is 19.2 Å². The van der Waals surface area contributed by atoms with Crippen LogP contribution in [0.3, 0.4) is 0 Å². The molecule has 2 aromatic carbocycles. The highest BCUT2D eigenvalue weighted by molar-refractivity contribution is 6.31. The molecular formula is C17H15ClN2O5. The molecule has 2 aromatic rings. The standard InChI is InChI=1S/C17H15ClN2O5/c1-11(21)10-25-17(22)14-8-13(20(23)24)6-7-16(14)19-9-12-4-2-3-5-15(12)18/h2-8,19H,9-10H2,1H3. The van der Waals surface area contributed by atoms with E-state index in [1.54, 1.807) is 12.1 Å². The predicted molar refractivity (Wildman–Crippen MR) is 92.8 cm³/mol. The monoisotopic (exact) mass is 362 g/mol. The van der Waals surface area contributed by atoms with Crippen LogP contribution >= 0.6 is 11.6 Å². The predicted octanol–water partition coefficient (Wildman–Crippen LogP) is 3.61. The summed E-state index contributed by atoms with van der Waals surface area (Å²) in [5, 5.41) is 14.5. The normalized spacial score (nSPS) is 10.2. The maximum atomic E-state index is 12.2. The molecule has 0 saturated carbocycles. The lowest BCUT2D eigenvalue weighted by atomic mass is 10.1. The van der Waals surface area contributed by atoms with Crippen molar-refractivity contribution in [2.75, 3.05) is 11.9 Å². The number of halogens is 1. The first-order valence-electron chi connectivity index (χ1n) is 7.30. The van der Waals surface area contributed by atoms with Gasteiger partial charge in [0.25, 0.3) is 5.69 Å². The number of ether oxygens (including phenoxy) is 1. The summed E-state index contributed by atoms with van der Waals surface area (Å²) in [5.41, 5.74) is 0.866. The number of Topliss-reactive ketones (excluding diaryl/α,β-unsaturated/α-hetero) is 1. The number of carbonyl (C=O) groups is 2. The number of rotatable bonds is 7. The van der Waals surface area contributed by atoms with E-state index in [0.29, 0.717) is 17.3 Å². The van der Waals surface area contributed by atoms with E-state index in [2.05, 4.69) is 5.32 Å². The lowest BCUT2D eigenvalue weighted by Gasteiger charge is -2.12. The Bertz CT molecular complexity index is 822. The van der Waals surface area contributed by atoms with Gasteiger partial charge in [0.2, 0.25) is 0 Å². The third kappa shape index (κ3) is 5.02. The molecule has 0 aliphatic carbocycles. The zero-order valence-electron chi connectivity index (χ0n) is 13.3. The largest absolute Gasteiger partial charge is 0.454 e. The molecule has 0 bridgehead atoms. The Kier molecular flexibility index (Phi) is 6.08. The third-order valence-electron chi connectivity index (χ3n) is 3.27. The molecule has 7 nitrogen and oxygen atoms in total. The number of nitrogens with zero attached hydrogens (tertiary/aromatic N) is 1. The quantitative estimate of drug-likeness (QED) is 0.459. The minimum atomic E-state index is -0.819. The Balaban J connectivity index is 2.26. The lowest BCUT2D eigenvalue weighted by molar-refractivity contribution is -0.384. The van der Waals surface area contributed by atoms with Crippen molar-refractivity contribution in [2.45, 2.75) is 13.5 Å². The minimum Gasteiger partial charge on any atom is -0.454 e. The number of hydrogen-bond acceptors (Lipinski definition) is 6. The van der Waals surface area contributed by atoms with Crippen LogP contribution < -0.4 is 5.32 Å². The second kappa shape index (κ2) is 8.25. The SMILES string of the molecule is CC(=O)COC(=O)c1cc([N+](=O)[O-])ccc1NCc1ccccc1Cl. The van der Waals surface area contributed by atoms with E-state index in [-0.39, 0.29) is 17.0 Å². The van der Waals surface area contributed by atoms with Gasteiger partial charge in [0.1, 0.15) is 6.61 Å². The van der Waals surface area contributed by atoms with Crippen LogP contribution in [0, 0.1) is 10.1 Å². The zero-order chi connectivity index (χ0) is 18.4. The van der Waals surface area contributed by atoms with E-state index in [9.17, 15) is 19.7 Å². The number of benzene rings is 2. The van der Waals surface area contributed by atoms with E-state index in [1.807, 2.05) is 12.1 Å². The maximum Gasteiger partial charge on any atom is 0.340 e. The number of esters is 1. The van der Waals surface area contributed by atoms with Gasteiger partial charge in [0.15, 0.2) is 5.78 Å². The van der Waals surface area contributed by atoms with Crippen LogP contribution in [-0.2, 0) is 16.1 Å². The molecule has 0 aliphatic heterocycles. The van der Waals surface area contributed by atoms with Crippen molar-refractivity contribution in [3.05, 3.63) is 68.7 Å². The Morgan fingerprint density at radius 1 is 1.24 bits per heavy atom. The van der Waals surface area contributed by atoms with Crippen molar-refractivity contribution in [2.24, 2.45) is 0 Å². The van der Waals surface area contributed by atoms with Crippen LogP contribution in [0.4, 0.5) is 11.4 Å². The number of hydrogen-bond donors (Lipinski definition) is 1. The Labute approximate surface area is 148 Å². The molecular weight excluding hydrogens is 348 g/mol. The van der Waals surface area contributed by atoms with Crippen LogP contribution in [0.25, 0.3) is 0 Å². The van der Waals surface area contributed by atoms with Crippen LogP contribution in [0.2, 0.25) is 5.02 Å². The number of anilines is 1. The number of nitro benzene ring substituents is 1. The van der Waals surface area contributed by atoms with E-state index in [0.717, 1.165) is 11.6 Å². The molecule has 0 aliphatic rings. The van der Waals surface area contributed by atoms with Gasteiger partial charge in [-0.05, 0) is 24.6 Å². The Hall–Kier alpha value is -2.93. The van der Waals surface area contributed by atoms with Gasteiger partial charge in [-0.3, -0.25) is 14.9 Å². The molecule has 0 unspecified atom stereocenters. The van der Waals surface area contributed by atoms with Gasteiger partial charge >= 0.3 is 5.97 Å². The molecule has 1 N–H and O–H groups in total. The summed E-state index contributed by atoms with van der Waals surface area (Å²) in [6.45, 7) is 1.19. The Morgan fingerprint density at radius 2 is 1.96 bits per heavy atom. The fourth-order valence-electron chi connectivity index (χ4n) is 2.05. The van der Waals surface area contributed by atoms with Crippen LogP contribution in [0.15, 0.2) is 42.5 Å². The average molecular weight is 363 g/mol. The summed E-state index contributed by atoms with van der Waals surface area (Å²) >= 11 is 6.09. The van der Waals surface area contributed by atoms with Gasteiger partial charge < -0.3 is 10.1 Å². The molecule has 0 amide bonds. The van der Waals surface area contributed by atoms with Gasteiger partial charge in [0.05, 0.1) is 10.5 Å². The smallest absolute Gasteiger partial charge is 0.340 e. The van der Waals surface area contributed by atoms with Crippen molar-refractivity contribution in [1.82, 2.24) is 0 Å². The molecule has 0 atom stereocenters. The van der Waals surface area contributed by atoms with E-state index in [4.69, 9.17) is 16.3 Å². The molecule has 130 valence electrons. The van der Waals surface area contributed by atoms with Gasteiger partial charge in [0, 0.05) is 29.4 Å². The highest BCUT2D eigenvalue weighted by Gasteiger charge is 2.18. The highest BCUT2D eigenvalue weighted by Crippen LogP contribution is 2.24. The first-order valence-corrected chi connectivity index (χ1v) is 7.68. The van der Waals surface area contributed by atoms with Crippen molar-refractivity contribution >= 4 is 34.7 Å². The second-order valence-corrected chi connectivity index (χ2v) is 5.62. The Morgan fingerprint density at radius 3 is 2.60 bits per heavy atom. The van der Waals surface area contributed by atoms with E-state index >= 15 is 0 Å². The van der Waals surface area contributed by atoms with E-state index < -0.39 is 17.5 Å². The third-order valence-corrected chi connectivity index (χ3v) is 3.64. The number of carbonyl (C=O) groups excluding carboxylic acids is 2. The summed E-state index contributed by atoms with van der Waals surface area (Å²) in [7, 11) is 0. The summed E-state index contributed by atoms with van der Waals surface area (Å²) < 4.78 is 4.86. The van der Waals surface area contributed by atoms with Gasteiger partial charge in [-0.1, -0.05) is 29.8 Å². The van der Waals surface area contributed by atoms with E-state index in [1.165, 1.54) is 19.1 Å². The summed E-state index contributed by atoms with van der Waals surface area (Å²) in [6.07, 6.45) is 0. The maximum absolute atomic E-state index is 12.2. The van der Waals surface area contributed by atoms with Gasteiger partial charge in [-0.25, -0.2) is 4.79 Å². The summed E-state index contributed by atoms with van der Waals surface area (Å²) in [5.74, 6) is -1.15. The van der Waals surface area contributed by atoms with Crippen molar-refractivity contribution in [3.8, 4) is 0 Å². The first kappa shape index (κ1) is 18.4. The molecule has 0 saturated heterocycles. The molecule has 0 aromatic heterocycles. The number of ketones is 1. The molecule has 0 heterocycles. The van der Waals surface area contributed by atoms with Gasteiger partial charge in [-0.2, -0.15) is 0 Å². The van der Waals surface area contributed by atoms with Crippen LogP contribution in [0.1, 0.15) is 22.8 Å². The minimum absolute atomic E-state index is 0.0255. The molecule has 0 spiro atoms. The first-order chi connectivity index (χ1) is 11.9. The molecule has 25 heavy (non-hydrogen) atoms. The van der Waals surface area contributed by atoms with Crippen molar-refractivity contribution in [3.63, 3.8) is 0 Å². The molecule has 2 rings (SSSR count). The fraction of sp³-hybridized carbons (Fsp3) is 0.176. The lowest BCUT2D eigenvalue weighted by Crippen LogP contribution is -2.14. The fourth-order valence-corrected chi connectivity index (χ4v) is 2.25. The summed E-state index contributed by atoms with van der Waals surface area (Å²) in [4.78, 5) is 33.5. The molecule has 0 fully saturated rings. The van der Waals surface area contributed by atoms with Crippen molar-refractivity contribution in [1.29, 1.82) is 0 Å². The summed E-state index contributed by atoms with van der Waals surface area (Å²) in [6, 6.07) is 11.0. The number of nitrogens with one attached hydrogen (secondary N) is 1. The zero-order valence-corrected chi connectivity index (χ0v) is 14.1. The highest BCUT2D eigenvalue weighted by atomic mass is 35.5. The second-order valence-electron chi connectivity index (χ2n) is 5.21. The number of non-ortho nitro benzene ring substituents is 1.